The summed E-state index contributed by atoms with van der Waals surface area (Å²) >= 11 is 0. The minimum absolute atomic E-state index is 0.0198. The standard InChI is InChI=1S/C19H18N2O3/c1-11-8-9-12(2)15(10-11)20-17(22)16-13-6-4-5-7-14(13)18(23)21(3)19(16)24/h4-10,24H,1-3H3,(H,20,22)/p-1. The van der Waals surface area contributed by atoms with Gasteiger partial charge in [-0.05, 0) is 43.0 Å². The molecule has 0 aliphatic heterocycles. The first-order valence-corrected chi connectivity index (χ1v) is 7.57. The Kier molecular flexibility index (Phi) is 3.85. The van der Waals surface area contributed by atoms with Crippen LogP contribution >= 0.6 is 0 Å². The van der Waals surface area contributed by atoms with Gasteiger partial charge in [0.1, 0.15) is 0 Å². The first-order chi connectivity index (χ1) is 11.4. The molecule has 0 bridgehead atoms. The minimum Gasteiger partial charge on any atom is -0.859 e. The molecule has 0 atom stereocenters. The van der Waals surface area contributed by atoms with Crippen molar-refractivity contribution >= 4 is 22.4 Å². The van der Waals surface area contributed by atoms with Gasteiger partial charge in [0, 0.05) is 23.5 Å². The van der Waals surface area contributed by atoms with Crippen molar-refractivity contribution in [2.75, 3.05) is 5.32 Å². The van der Waals surface area contributed by atoms with Gasteiger partial charge in [-0.25, -0.2) is 0 Å². The SMILES string of the molecule is Cc1ccc(C)c(NC(=O)c2c([O-])n(C)c(=O)c3ccccc23)c1. The molecule has 2 aromatic carbocycles. The minimum atomic E-state index is -0.596. The molecule has 24 heavy (non-hydrogen) atoms. The van der Waals surface area contributed by atoms with E-state index in [4.69, 9.17) is 0 Å². The highest BCUT2D eigenvalue weighted by Crippen LogP contribution is 2.24. The lowest BCUT2D eigenvalue weighted by Gasteiger charge is -2.20. The molecule has 0 aliphatic carbocycles. The average Bonchev–Trinajstić information content (AvgIpc) is 2.56. The predicted molar refractivity (Wildman–Crippen MR) is 92.5 cm³/mol. The number of amides is 1. The van der Waals surface area contributed by atoms with E-state index in [0.29, 0.717) is 16.5 Å². The number of nitrogens with one attached hydrogen (secondary N) is 1. The van der Waals surface area contributed by atoms with Crippen LogP contribution in [0.1, 0.15) is 21.5 Å². The van der Waals surface area contributed by atoms with Crippen molar-refractivity contribution in [1.82, 2.24) is 4.57 Å². The highest BCUT2D eigenvalue weighted by Gasteiger charge is 2.16. The molecule has 0 aliphatic rings. The lowest BCUT2D eigenvalue weighted by atomic mass is 10.1. The summed E-state index contributed by atoms with van der Waals surface area (Å²) < 4.78 is 0.973. The fourth-order valence-corrected chi connectivity index (χ4v) is 2.72. The quantitative estimate of drug-likeness (QED) is 0.788. The average molecular weight is 321 g/mol. The van der Waals surface area contributed by atoms with Crippen molar-refractivity contribution in [2.45, 2.75) is 13.8 Å². The van der Waals surface area contributed by atoms with Gasteiger partial charge in [-0.1, -0.05) is 30.3 Å². The fraction of sp³-hybridized carbons (Fsp3) is 0.158. The van der Waals surface area contributed by atoms with Gasteiger partial charge < -0.3 is 15.0 Å². The largest absolute Gasteiger partial charge is 0.859 e. The van der Waals surface area contributed by atoms with E-state index in [1.54, 1.807) is 24.3 Å². The first kappa shape index (κ1) is 15.8. The second-order valence-electron chi connectivity index (χ2n) is 5.86. The number of aryl methyl sites for hydroxylation is 2. The number of rotatable bonds is 2. The number of pyridine rings is 1. The Hall–Kier alpha value is -3.08. The van der Waals surface area contributed by atoms with Crippen LogP contribution in [0.25, 0.3) is 10.8 Å². The Bertz CT molecular complexity index is 1020. The maximum atomic E-state index is 12.7. The Labute approximate surface area is 139 Å². The highest BCUT2D eigenvalue weighted by atomic mass is 16.3. The summed E-state index contributed by atoms with van der Waals surface area (Å²) in [5.41, 5.74) is 2.13. The van der Waals surface area contributed by atoms with Gasteiger partial charge in [-0.2, -0.15) is 0 Å². The third kappa shape index (κ3) is 2.54. The summed E-state index contributed by atoms with van der Waals surface area (Å²) in [6.45, 7) is 3.81. The number of aromatic nitrogens is 1. The van der Waals surface area contributed by atoms with Crippen molar-refractivity contribution in [3.8, 4) is 5.88 Å². The molecule has 0 fully saturated rings. The molecule has 3 rings (SSSR count). The van der Waals surface area contributed by atoms with Crippen molar-refractivity contribution in [3.05, 3.63) is 69.5 Å². The normalized spacial score (nSPS) is 10.8. The van der Waals surface area contributed by atoms with Crippen LogP contribution in [0.4, 0.5) is 5.69 Å². The Morgan fingerprint density at radius 2 is 1.75 bits per heavy atom. The second kappa shape index (κ2) is 5.85. The molecular formula is C19H17N2O3-. The lowest BCUT2D eigenvalue weighted by molar-refractivity contribution is -0.279. The van der Waals surface area contributed by atoms with Gasteiger partial charge in [0.25, 0.3) is 11.5 Å². The summed E-state index contributed by atoms with van der Waals surface area (Å²) in [5, 5.41) is 16.0. The van der Waals surface area contributed by atoms with Crippen LogP contribution in [0.3, 0.4) is 0 Å². The Balaban J connectivity index is 2.17. The van der Waals surface area contributed by atoms with Crippen LogP contribution < -0.4 is 16.0 Å². The monoisotopic (exact) mass is 321 g/mol. The zero-order valence-electron chi connectivity index (χ0n) is 13.7. The number of fused-ring (bicyclic) bond motifs is 1. The van der Waals surface area contributed by atoms with Gasteiger partial charge in [-0.3, -0.25) is 9.59 Å². The van der Waals surface area contributed by atoms with Crippen LogP contribution in [-0.2, 0) is 7.05 Å². The van der Waals surface area contributed by atoms with E-state index < -0.39 is 17.3 Å². The van der Waals surface area contributed by atoms with Crippen molar-refractivity contribution in [1.29, 1.82) is 0 Å². The molecule has 1 heterocycles. The summed E-state index contributed by atoms with van der Waals surface area (Å²) in [4.78, 5) is 25.0. The van der Waals surface area contributed by atoms with E-state index in [-0.39, 0.29) is 5.56 Å². The molecule has 0 spiro atoms. The predicted octanol–water partition coefficient (Wildman–Crippen LogP) is 2.48. The molecule has 122 valence electrons. The van der Waals surface area contributed by atoms with E-state index >= 15 is 0 Å². The van der Waals surface area contributed by atoms with Gasteiger partial charge in [0.15, 0.2) is 0 Å². The van der Waals surface area contributed by atoms with Crippen LogP contribution in [-0.4, -0.2) is 10.5 Å². The van der Waals surface area contributed by atoms with Crippen LogP contribution in [0.5, 0.6) is 5.88 Å². The first-order valence-electron chi connectivity index (χ1n) is 7.57. The fourth-order valence-electron chi connectivity index (χ4n) is 2.72. The van der Waals surface area contributed by atoms with Crippen molar-refractivity contribution in [3.63, 3.8) is 0 Å². The van der Waals surface area contributed by atoms with E-state index in [1.165, 1.54) is 7.05 Å². The zero-order valence-corrected chi connectivity index (χ0v) is 13.7. The van der Waals surface area contributed by atoms with E-state index in [0.717, 1.165) is 15.7 Å². The number of hydrogen-bond donors (Lipinski definition) is 1. The third-order valence-electron chi connectivity index (χ3n) is 4.12. The van der Waals surface area contributed by atoms with Crippen LogP contribution in [0, 0.1) is 13.8 Å². The van der Waals surface area contributed by atoms with Crippen molar-refractivity contribution in [2.24, 2.45) is 7.05 Å². The van der Waals surface area contributed by atoms with Gasteiger partial charge >= 0.3 is 0 Å². The summed E-state index contributed by atoms with van der Waals surface area (Å²) in [6, 6.07) is 12.4. The maximum Gasteiger partial charge on any atom is 0.257 e. The number of carbonyl (C=O) groups excluding carboxylic acids is 1. The molecular weight excluding hydrogens is 304 g/mol. The highest BCUT2D eigenvalue weighted by molar-refractivity contribution is 6.14. The number of carbonyl (C=O) groups is 1. The van der Waals surface area contributed by atoms with Gasteiger partial charge in [0.05, 0.1) is 5.56 Å². The second-order valence-corrected chi connectivity index (χ2v) is 5.86. The molecule has 1 aromatic heterocycles. The smallest absolute Gasteiger partial charge is 0.257 e. The van der Waals surface area contributed by atoms with Crippen LogP contribution in [0.15, 0.2) is 47.3 Å². The van der Waals surface area contributed by atoms with E-state index in [9.17, 15) is 14.7 Å². The Morgan fingerprint density at radius 3 is 2.46 bits per heavy atom. The van der Waals surface area contributed by atoms with Crippen LogP contribution in [0.2, 0.25) is 0 Å². The third-order valence-corrected chi connectivity index (χ3v) is 4.12. The number of nitrogens with zero attached hydrogens (tertiary/aromatic N) is 1. The zero-order chi connectivity index (χ0) is 17.4. The molecule has 1 N–H and O–H groups in total. The molecule has 0 saturated heterocycles. The van der Waals surface area contributed by atoms with Crippen molar-refractivity contribution < 1.29 is 9.90 Å². The molecule has 3 aromatic rings. The van der Waals surface area contributed by atoms with Gasteiger partial charge in [-0.15, -0.1) is 0 Å². The molecule has 0 radical (unpaired) electrons. The maximum absolute atomic E-state index is 12.7. The van der Waals surface area contributed by atoms with Gasteiger partial charge in [0.2, 0.25) is 0 Å². The lowest BCUT2D eigenvalue weighted by Crippen LogP contribution is -2.26. The molecule has 5 nitrogen and oxygen atoms in total. The number of benzene rings is 2. The van der Waals surface area contributed by atoms with E-state index in [2.05, 4.69) is 5.32 Å². The summed E-state index contributed by atoms with van der Waals surface area (Å²) in [7, 11) is 1.38. The molecule has 5 heteroatoms. The number of hydrogen-bond acceptors (Lipinski definition) is 3. The number of anilines is 1. The topological polar surface area (TPSA) is 74.2 Å². The summed E-state index contributed by atoms with van der Waals surface area (Å²) in [6.07, 6.45) is 0. The molecule has 0 unspecified atom stereocenters. The molecule has 1 amide bonds. The molecule has 0 saturated carbocycles. The Morgan fingerprint density at radius 1 is 1.08 bits per heavy atom. The summed E-state index contributed by atoms with van der Waals surface area (Å²) in [5.74, 6) is -1.11. The van der Waals surface area contributed by atoms with E-state index in [1.807, 2.05) is 32.0 Å².